The number of aromatic nitrogens is 3. The molecular weight excluding hydrogens is 330 g/mol. The number of rotatable bonds is 5. The second kappa shape index (κ2) is 7.09. The van der Waals surface area contributed by atoms with Crippen molar-refractivity contribution >= 4 is 5.97 Å². The molecular formula is C20H19N3O3. The number of carbonyl (C=O) groups is 1. The fourth-order valence-corrected chi connectivity index (χ4v) is 3.57. The van der Waals surface area contributed by atoms with E-state index in [4.69, 9.17) is 4.74 Å². The van der Waals surface area contributed by atoms with E-state index in [9.17, 15) is 9.90 Å². The molecule has 26 heavy (non-hydrogen) atoms. The summed E-state index contributed by atoms with van der Waals surface area (Å²) in [4.78, 5) is 20.1. The number of nitrogens with zero attached hydrogens (tertiary/aromatic N) is 3. The summed E-state index contributed by atoms with van der Waals surface area (Å²) < 4.78 is 7.81. The smallest absolute Gasteiger partial charge is 0.336 e. The summed E-state index contributed by atoms with van der Waals surface area (Å²) in [7, 11) is 0. The monoisotopic (exact) mass is 349 g/mol. The van der Waals surface area contributed by atoms with Gasteiger partial charge in [0.2, 0.25) is 0 Å². The Labute approximate surface area is 151 Å². The SMILES string of the molecule is O=C(O)c1ccccc1-c1nccn1[C@@H]1COC[C@H]1Cc1ccncc1. The first kappa shape index (κ1) is 16.5. The third kappa shape index (κ3) is 3.11. The van der Waals surface area contributed by atoms with Crippen LogP contribution in [0.15, 0.2) is 61.2 Å². The Kier molecular flexibility index (Phi) is 4.50. The van der Waals surface area contributed by atoms with Crippen LogP contribution in [0.3, 0.4) is 0 Å². The van der Waals surface area contributed by atoms with Gasteiger partial charge in [-0.3, -0.25) is 4.98 Å². The molecule has 1 aromatic carbocycles. The van der Waals surface area contributed by atoms with Crippen LogP contribution in [0.25, 0.3) is 11.4 Å². The van der Waals surface area contributed by atoms with Gasteiger partial charge in [0.15, 0.2) is 0 Å². The summed E-state index contributed by atoms with van der Waals surface area (Å²) in [5.41, 5.74) is 2.09. The van der Waals surface area contributed by atoms with Crippen molar-refractivity contribution in [3.8, 4) is 11.4 Å². The van der Waals surface area contributed by atoms with Gasteiger partial charge in [-0.1, -0.05) is 18.2 Å². The molecule has 4 rings (SSSR count). The Morgan fingerprint density at radius 1 is 1.15 bits per heavy atom. The van der Waals surface area contributed by atoms with E-state index in [2.05, 4.69) is 14.5 Å². The van der Waals surface area contributed by atoms with Crippen molar-refractivity contribution in [2.75, 3.05) is 13.2 Å². The number of pyridine rings is 1. The zero-order valence-electron chi connectivity index (χ0n) is 14.2. The standard InChI is InChI=1S/C20H19N3O3/c24-20(25)17-4-2-1-3-16(17)19-22-9-10-23(19)18-13-26-12-15(18)11-14-5-7-21-8-6-14/h1-10,15,18H,11-13H2,(H,24,25)/t15-,18-/m1/s1. The maximum absolute atomic E-state index is 11.6. The van der Waals surface area contributed by atoms with Crippen molar-refractivity contribution in [3.63, 3.8) is 0 Å². The number of imidazole rings is 1. The molecule has 0 saturated carbocycles. The predicted octanol–water partition coefficient (Wildman–Crippen LogP) is 3.07. The molecule has 0 unspecified atom stereocenters. The van der Waals surface area contributed by atoms with Crippen molar-refractivity contribution in [2.24, 2.45) is 5.92 Å². The lowest BCUT2D eigenvalue weighted by Gasteiger charge is -2.21. The fraction of sp³-hybridized carbons (Fsp3) is 0.250. The van der Waals surface area contributed by atoms with Gasteiger partial charge < -0.3 is 14.4 Å². The summed E-state index contributed by atoms with van der Waals surface area (Å²) in [5, 5.41) is 9.50. The van der Waals surface area contributed by atoms with Gasteiger partial charge in [-0.25, -0.2) is 9.78 Å². The van der Waals surface area contributed by atoms with Crippen LogP contribution < -0.4 is 0 Å². The number of benzene rings is 1. The zero-order valence-corrected chi connectivity index (χ0v) is 14.2. The van der Waals surface area contributed by atoms with Crippen LogP contribution in [0.5, 0.6) is 0 Å². The number of hydrogen-bond donors (Lipinski definition) is 1. The van der Waals surface area contributed by atoms with E-state index >= 15 is 0 Å². The number of carboxylic acids is 1. The van der Waals surface area contributed by atoms with Crippen molar-refractivity contribution < 1.29 is 14.6 Å². The number of ether oxygens (including phenoxy) is 1. The largest absolute Gasteiger partial charge is 0.478 e. The average Bonchev–Trinajstić information content (AvgIpc) is 3.31. The van der Waals surface area contributed by atoms with Gasteiger partial charge in [0.05, 0.1) is 24.8 Å². The molecule has 6 nitrogen and oxygen atoms in total. The highest BCUT2D eigenvalue weighted by Gasteiger charge is 2.31. The summed E-state index contributed by atoms with van der Waals surface area (Å²) in [5.74, 6) is 0.00623. The summed E-state index contributed by atoms with van der Waals surface area (Å²) in [6.07, 6.45) is 8.10. The van der Waals surface area contributed by atoms with Crippen molar-refractivity contribution in [1.82, 2.24) is 14.5 Å². The van der Waals surface area contributed by atoms with Gasteiger partial charge in [0, 0.05) is 36.3 Å². The third-order valence-electron chi connectivity index (χ3n) is 4.84. The van der Waals surface area contributed by atoms with Crippen LogP contribution in [0.1, 0.15) is 22.0 Å². The summed E-state index contributed by atoms with van der Waals surface area (Å²) in [6.45, 7) is 1.26. The Morgan fingerprint density at radius 3 is 2.77 bits per heavy atom. The third-order valence-corrected chi connectivity index (χ3v) is 4.84. The zero-order chi connectivity index (χ0) is 17.9. The maximum Gasteiger partial charge on any atom is 0.336 e. The molecule has 2 atom stereocenters. The minimum Gasteiger partial charge on any atom is -0.478 e. The van der Waals surface area contributed by atoms with Crippen LogP contribution >= 0.6 is 0 Å². The van der Waals surface area contributed by atoms with E-state index in [-0.39, 0.29) is 11.6 Å². The molecule has 0 amide bonds. The molecule has 3 aromatic rings. The molecule has 2 aromatic heterocycles. The quantitative estimate of drug-likeness (QED) is 0.766. The van der Waals surface area contributed by atoms with Crippen molar-refractivity contribution in [3.05, 3.63) is 72.3 Å². The van der Waals surface area contributed by atoms with Crippen LogP contribution in [0, 0.1) is 5.92 Å². The second-order valence-electron chi connectivity index (χ2n) is 6.43. The summed E-state index contributed by atoms with van der Waals surface area (Å²) in [6, 6.07) is 11.1. The van der Waals surface area contributed by atoms with Gasteiger partial charge in [-0.2, -0.15) is 0 Å². The molecule has 0 bridgehead atoms. The topological polar surface area (TPSA) is 77.2 Å². The van der Waals surface area contributed by atoms with E-state index in [1.807, 2.05) is 24.4 Å². The Balaban J connectivity index is 1.67. The lowest BCUT2D eigenvalue weighted by Crippen LogP contribution is -2.20. The van der Waals surface area contributed by atoms with Crippen LogP contribution in [-0.2, 0) is 11.2 Å². The highest BCUT2D eigenvalue weighted by Crippen LogP contribution is 2.33. The predicted molar refractivity (Wildman–Crippen MR) is 95.9 cm³/mol. The molecule has 0 radical (unpaired) electrons. The molecule has 3 heterocycles. The molecule has 1 fully saturated rings. The Morgan fingerprint density at radius 2 is 1.96 bits per heavy atom. The molecule has 1 saturated heterocycles. The minimum atomic E-state index is -0.953. The molecule has 132 valence electrons. The Bertz CT molecular complexity index is 907. The van der Waals surface area contributed by atoms with Gasteiger partial charge in [0.1, 0.15) is 5.82 Å². The van der Waals surface area contributed by atoms with E-state index < -0.39 is 5.97 Å². The lowest BCUT2D eigenvalue weighted by molar-refractivity contribution is 0.0697. The second-order valence-corrected chi connectivity index (χ2v) is 6.43. The first-order chi connectivity index (χ1) is 12.7. The van der Waals surface area contributed by atoms with Crippen molar-refractivity contribution in [1.29, 1.82) is 0 Å². The van der Waals surface area contributed by atoms with Gasteiger partial charge in [-0.15, -0.1) is 0 Å². The molecule has 6 heteroatoms. The van der Waals surface area contributed by atoms with Crippen LogP contribution in [0.4, 0.5) is 0 Å². The Hall–Kier alpha value is -2.99. The number of carboxylic acid groups (broad SMARTS) is 1. The highest BCUT2D eigenvalue weighted by atomic mass is 16.5. The molecule has 1 aliphatic heterocycles. The van der Waals surface area contributed by atoms with Crippen LogP contribution in [-0.4, -0.2) is 38.8 Å². The first-order valence-electron chi connectivity index (χ1n) is 8.56. The fourth-order valence-electron chi connectivity index (χ4n) is 3.57. The van der Waals surface area contributed by atoms with E-state index in [1.165, 1.54) is 5.56 Å². The minimum absolute atomic E-state index is 0.113. The molecule has 1 N–H and O–H groups in total. The summed E-state index contributed by atoms with van der Waals surface area (Å²) >= 11 is 0. The highest BCUT2D eigenvalue weighted by molar-refractivity contribution is 5.95. The molecule has 0 aliphatic carbocycles. The van der Waals surface area contributed by atoms with E-state index in [1.54, 1.807) is 36.8 Å². The van der Waals surface area contributed by atoms with Crippen LogP contribution in [0.2, 0.25) is 0 Å². The van der Waals surface area contributed by atoms with Gasteiger partial charge in [-0.05, 0) is 30.2 Å². The average molecular weight is 349 g/mol. The molecule has 0 spiro atoms. The van der Waals surface area contributed by atoms with Gasteiger partial charge >= 0.3 is 5.97 Å². The lowest BCUT2D eigenvalue weighted by atomic mass is 9.95. The number of aromatic carboxylic acids is 1. The maximum atomic E-state index is 11.6. The van der Waals surface area contributed by atoms with E-state index in [0.29, 0.717) is 30.5 Å². The van der Waals surface area contributed by atoms with Crippen molar-refractivity contribution in [2.45, 2.75) is 12.5 Å². The van der Waals surface area contributed by atoms with E-state index in [0.717, 1.165) is 6.42 Å². The molecule has 1 aliphatic rings. The first-order valence-corrected chi connectivity index (χ1v) is 8.56. The normalized spacial score (nSPS) is 19.5. The number of hydrogen-bond acceptors (Lipinski definition) is 4. The van der Waals surface area contributed by atoms with Gasteiger partial charge in [0.25, 0.3) is 0 Å².